The van der Waals surface area contributed by atoms with Crippen LogP contribution in [0.15, 0.2) is 45.8 Å². The van der Waals surface area contributed by atoms with Crippen LogP contribution in [0.3, 0.4) is 0 Å². The third-order valence-electron chi connectivity index (χ3n) is 7.48. The number of hydrogen-bond acceptors (Lipinski definition) is 6. The van der Waals surface area contributed by atoms with E-state index in [-0.39, 0.29) is 17.5 Å². The Balaban J connectivity index is 1.56. The Bertz CT molecular complexity index is 1360. The summed E-state index contributed by atoms with van der Waals surface area (Å²) in [5.74, 6) is 1.88. The Morgan fingerprint density at radius 3 is 2.69 bits per heavy atom. The number of H-pyrrole nitrogens is 1. The maximum atomic E-state index is 13.3. The van der Waals surface area contributed by atoms with Gasteiger partial charge in [0.25, 0.3) is 5.56 Å². The number of aromatic nitrogens is 5. The van der Waals surface area contributed by atoms with Gasteiger partial charge in [0.1, 0.15) is 12.3 Å². The molecule has 8 heteroatoms. The van der Waals surface area contributed by atoms with Gasteiger partial charge in [-0.3, -0.25) is 9.69 Å². The first kappa shape index (κ1) is 24.4. The predicted octanol–water partition coefficient (Wildman–Crippen LogP) is 5.30. The highest BCUT2D eigenvalue weighted by atomic mass is 16.3. The Kier molecular flexibility index (Phi) is 7.05. The Morgan fingerprint density at radius 2 is 1.97 bits per heavy atom. The zero-order valence-electron chi connectivity index (χ0n) is 21.7. The summed E-state index contributed by atoms with van der Waals surface area (Å²) < 4.78 is 7.42. The van der Waals surface area contributed by atoms with Gasteiger partial charge in [0.2, 0.25) is 0 Å². The molecule has 0 saturated heterocycles. The standard InChI is InChI=1S/C28H36N6O2/c1-18(2)26(27-30-31-32-34(27)17-23-11-8-12-36-23)33(22-9-6-5-7-10-22)16-21-15-24-20(4)13-19(3)14-25(24)29-28(21)35/h8,11-15,18,22,26H,5-7,9-10,16-17H2,1-4H3,(H,29,35)/t26-/m1/s1. The van der Waals surface area contributed by atoms with Crippen LogP contribution < -0.4 is 5.56 Å². The highest BCUT2D eigenvalue weighted by Gasteiger charge is 2.35. The first-order valence-corrected chi connectivity index (χ1v) is 13.1. The van der Waals surface area contributed by atoms with Crippen molar-refractivity contribution in [2.24, 2.45) is 5.92 Å². The lowest BCUT2D eigenvalue weighted by Gasteiger charge is -2.41. The second-order valence-electron chi connectivity index (χ2n) is 10.6. The number of aryl methyl sites for hydroxylation is 2. The van der Waals surface area contributed by atoms with E-state index in [1.165, 1.54) is 24.8 Å². The molecule has 1 aliphatic carbocycles. The smallest absolute Gasteiger partial charge is 0.252 e. The average Bonchev–Trinajstić information content (AvgIpc) is 3.52. The summed E-state index contributed by atoms with van der Waals surface area (Å²) in [6.07, 6.45) is 7.58. The van der Waals surface area contributed by atoms with Gasteiger partial charge in [-0.2, -0.15) is 0 Å². The molecule has 0 unspecified atom stereocenters. The molecule has 1 aromatic carbocycles. The average molecular weight is 489 g/mol. The highest BCUT2D eigenvalue weighted by Crippen LogP contribution is 2.35. The van der Waals surface area contributed by atoms with Gasteiger partial charge < -0.3 is 9.40 Å². The van der Waals surface area contributed by atoms with Crippen LogP contribution in [0, 0.1) is 19.8 Å². The van der Waals surface area contributed by atoms with E-state index in [1.54, 1.807) is 6.26 Å². The molecule has 1 atom stereocenters. The third-order valence-corrected chi connectivity index (χ3v) is 7.48. The van der Waals surface area contributed by atoms with E-state index in [2.05, 4.69) is 65.2 Å². The maximum Gasteiger partial charge on any atom is 0.252 e. The van der Waals surface area contributed by atoms with Gasteiger partial charge in [-0.05, 0) is 78.4 Å². The molecule has 4 aromatic rings. The minimum Gasteiger partial charge on any atom is -0.467 e. The second kappa shape index (κ2) is 10.4. The molecule has 1 saturated carbocycles. The molecule has 8 nitrogen and oxygen atoms in total. The molecule has 3 heterocycles. The zero-order chi connectivity index (χ0) is 25.2. The third kappa shape index (κ3) is 5.00. The van der Waals surface area contributed by atoms with Crippen LogP contribution in [0.4, 0.5) is 0 Å². The minimum atomic E-state index is -0.0349. The van der Waals surface area contributed by atoms with Gasteiger partial charge in [-0.25, -0.2) is 4.68 Å². The lowest BCUT2D eigenvalue weighted by Crippen LogP contribution is -2.43. The topological polar surface area (TPSA) is 92.8 Å². The fraction of sp³-hybridized carbons (Fsp3) is 0.500. The van der Waals surface area contributed by atoms with Crippen molar-refractivity contribution in [3.63, 3.8) is 0 Å². The van der Waals surface area contributed by atoms with Crippen molar-refractivity contribution < 1.29 is 4.42 Å². The summed E-state index contributed by atoms with van der Waals surface area (Å²) in [5.41, 5.74) is 3.99. The number of benzene rings is 1. The van der Waals surface area contributed by atoms with Gasteiger partial charge in [-0.1, -0.05) is 39.2 Å². The molecule has 36 heavy (non-hydrogen) atoms. The summed E-state index contributed by atoms with van der Waals surface area (Å²) in [6, 6.07) is 10.5. The van der Waals surface area contributed by atoms with E-state index in [9.17, 15) is 4.79 Å². The molecule has 3 aromatic heterocycles. The predicted molar refractivity (Wildman–Crippen MR) is 140 cm³/mol. The van der Waals surface area contributed by atoms with Crippen molar-refractivity contribution >= 4 is 10.9 Å². The van der Waals surface area contributed by atoms with Gasteiger partial charge in [-0.15, -0.1) is 5.10 Å². The number of aromatic amines is 1. The van der Waals surface area contributed by atoms with Crippen LogP contribution in [-0.4, -0.2) is 36.1 Å². The van der Waals surface area contributed by atoms with Gasteiger partial charge >= 0.3 is 0 Å². The lowest BCUT2D eigenvalue weighted by molar-refractivity contribution is 0.0610. The molecule has 190 valence electrons. The molecule has 5 rings (SSSR count). The van der Waals surface area contributed by atoms with E-state index < -0.39 is 0 Å². The fourth-order valence-corrected chi connectivity index (χ4v) is 5.81. The molecule has 0 radical (unpaired) electrons. The lowest BCUT2D eigenvalue weighted by atomic mass is 9.90. The Morgan fingerprint density at radius 1 is 1.17 bits per heavy atom. The van der Waals surface area contributed by atoms with Crippen LogP contribution in [0.25, 0.3) is 10.9 Å². The summed E-state index contributed by atoms with van der Waals surface area (Å²) in [7, 11) is 0. The van der Waals surface area contributed by atoms with Crippen molar-refractivity contribution in [2.45, 2.75) is 85.0 Å². The molecule has 0 aliphatic heterocycles. The molecule has 1 aliphatic rings. The SMILES string of the molecule is Cc1cc(C)c2cc(CN(C3CCCCC3)[C@@H](c3nnnn3Cc3ccco3)C(C)C)c(=O)[nH]c2c1. The quantitative estimate of drug-likeness (QED) is 0.362. The van der Waals surface area contributed by atoms with Crippen LogP contribution >= 0.6 is 0 Å². The second-order valence-corrected chi connectivity index (χ2v) is 10.6. The molecular formula is C28H36N6O2. The van der Waals surface area contributed by atoms with E-state index in [0.29, 0.717) is 19.1 Å². The van der Waals surface area contributed by atoms with E-state index in [0.717, 1.165) is 46.5 Å². The molecule has 0 amide bonds. The fourth-order valence-electron chi connectivity index (χ4n) is 5.81. The number of hydrogen-bond donors (Lipinski definition) is 1. The maximum absolute atomic E-state index is 13.3. The monoisotopic (exact) mass is 488 g/mol. The van der Waals surface area contributed by atoms with E-state index in [4.69, 9.17) is 4.42 Å². The molecule has 0 spiro atoms. The Labute approximate surface area is 211 Å². The van der Waals surface area contributed by atoms with Crippen LogP contribution in [-0.2, 0) is 13.1 Å². The summed E-state index contributed by atoms with van der Waals surface area (Å²) in [4.78, 5) is 18.9. The minimum absolute atomic E-state index is 0.0222. The zero-order valence-corrected chi connectivity index (χ0v) is 21.7. The number of pyridine rings is 1. The van der Waals surface area contributed by atoms with Gasteiger partial charge in [0, 0.05) is 29.1 Å². The van der Waals surface area contributed by atoms with Crippen molar-refractivity contribution in [2.75, 3.05) is 0 Å². The molecular weight excluding hydrogens is 452 g/mol. The van der Waals surface area contributed by atoms with Crippen LogP contribution in [0.5, 0.6) is 0 Å². The van der Waals surface area contributed by atoms with Crippen molar-refractivity contribution in [3.8, 4) is 0 Å². The number of rotatable bonds is 8. The number of nitrogens with zero attached hydrogens (tertiary/aromatic N) is 5. The molecule has 0 bridgehead atoms. The highest BCUT2D eigenvalue weighted by molar-refractivity contribution is 5.83. The summed E-state index contributed by atoms with van der Waals surface area (Å²) in [5, 5.41) is 14.0. The van der Waals surface area contributed by atoms with Gasteiger partial charge in [0.05, 0.1) is 12.3 Å². The van der Waals surface area contributed by atoms with Crippen LogP contribution in [0.2, 0.25) is 0 Å². The summed E-state index contributed by atoms with van der Waals surface area (Å²) in [6.45, 7) is 9.62. The van der Waals surface area contributed by atoms with E-state index >= 15 is 0 Å². The van der Waals surface area contributed by atoms with Crippen molar-refractivity contribution in [3.05, 3.63) is 75.2 Å². The summed E-state index contributed by atoms with van der Waals surface area (Å²) >= 11 is 0. The largest absolute Gasteiger partial charge is 0.467 e. The first-order chi connectivity index (χ1) is 17.4. The van der Waals surface area contributed by atoms with Gasteiger partial charge in [0.15, 0.2) is 5.82 Å². The number of furan rings is 1. The molecule has 1 N–H and O–H groups in total. The number of fused-ring (bicyclic) bond motifs is 1. The van der Waals surface area contributed by atoms with Crippen LogP contribution in [0.1, 0.15) is 80.3 Å². The Hall–Kier alpha value is -3.26. The molecule has 1 fully saturated rings. The van der Waals surface area contributed by atoms with Crippen molar-refractivity contribution in [1.82, 2.24) is 30.1 Å². The number of tetrazole rings is 1. The van der Waals surface area contributed by atoms with Crippen molar-refractivity contribution in [1.29, 1.82) is 0 Å². The van der Waals surface area contributed by atoms with E-state index in [1.807, 2.05) is 22.9 Å². The first-order valence-electron chi connectivity index (χ1n) is 13.1. The number of nitrogens with one attached hydrogen (secondary N) is 1. The normalized spacial score (nSPS) is 15.8.